The highest BCUT2D eigenvalue weighted by molar-refractivity contribution is 5.73. The van der Waals surface area contributed by atoms with Gasteiger partial charge in [0.2, 0.25) is 0 Å². The van der Waals surface area contributed by atoms with Crippen LogP contribution in [0.1, 0.15) is 11.1 Å². The monoisotopic (exact) mass is 284 g/mol. The zero-order valence-corrected chi connectivity index (χ0v) is 12.3. The molecule has 0 atom stereocenters. The van der Waals surface area contributed by atoms with Crippen molar-refractivity contribution in [2.45, 2.75) is 13.1 Å². The second kappa shape index (κ2) is 7.28. The molecule has 5 nitrogen and oxygen atoms in total. The van der Waals surface area contributed by atoms with Crippen LogP contribution in [0.5, 0.6) is 0 Å². The van der Waals surface area contributed by atoms with Crippen LogP contribution in [-0.4, -0.2) is 25.1 Å². The van der Waals surface area contributed by atoms with Crippen molar-refractivity contribution in [3.63, 3.8) is 0 Å². The number of benzene rings is 1. The SMILES string of the molecule is CN(C)c1ccc(CNC(=O)NCc2cccnc2)cc1. The summed E-state index contributed by atoms with van der Waals surface area (Å²) in [5.41, 5.74) is 3.18. The lowest BCUT2D eigenvalue weighted by molar-refractivity contribution is 0.240. The first kappa shape index (κ1) is 14.8. The summed E-state index contributed by atoms with van der Waals surface area (Å²) in [6, 6.07) is 11.7. The van der Waals surface area contributed by atoms with Crippen molar-refractivity contribution in [1.29, 1.82) is 0 Å². The summed E-state index contributed by atoms with van der Waals surface area (Å²) in [5, 5.41) is 5.63. The molecule has 1 aromatic heterocycles. The quantitative estimate of drug-likeness (QED) is 0.884. The van der Waals surface area contributed by atoms with Gasteiger partial charge >= 0.3 is 6.03 Å². The number of aromatic nitrogens is 1. The first-order chi connectivity index (χ1) is 10.1. The van der Waals surface area contributed by atoms with E-state index in [-0.39, 0.29) is 6.03 Å². The topological polar surface area (TPSA) is 57.3 Å². The van der Waals surface area contributed by atoms with E-state index in [9.17, 15) is 4.79 Å². The maximum atomic E-state index is 11.7. The number of carbonyl (C=O) groups is 1. The number of urea groups is 1. The van der Waals surface area contributed by atoms with Crippen LogP contribution in [0.4, 0.5) is 10.5 Å². The summed E-state index contributed by atoms with van der Waals surface area (Å²) in [6.07, 6.45) is 3.45. The highest BCUT2D eigenvalue weighted by Crippen LogP contribution is 2.11. The van der Waals surface area contributed by atoms with Crippen molar-refractivity contribution < 1.29 is 4.79 Å². The molecule has 0 fully saturated rings. The molecule has 0 saturated carbocycles. The Kier molecular flexibility index (Phi) is 5.15. The molecular formula is C16H20N4O. The molecule has 2 aromatic rings. The first-order valence-corrected chi connectivity index (χ1v) is 6.82. The maximum Gasteiger partial charge on any atom is 0.315 e. The summed E-state index contributed by atoms with van der Waals surface area (Å²) in [6.45, 7) is 0.978. The van der Waals surface area contributed by atoms with Gasteiger partial charge in [0, 0.05) is 45.3 Å². The van der Waals surface area contributed by atoms with Gasteiger partial charge in [-0.1, -0.05) is 18.2 Å². The molecule has 0 aliphatic heterocycles. The summed E-state index contributed by atoms with van der Waals surface area (Å²) in [7, 11) is 4.00. The Balaban J connectivity index is 1.76. The molecular weight excluding hydrogens is 264 g/mol. The van der Waals surface area contributed by atoms with Gasteiger partial charge in [-0.2, -0.15) is 0 Å². The molecule has 0 bridgehead atoms. The number of hydrogen-bond donors (Lipinski definition) is 2. The van der Waals surface area contributed by atoms with E-state index in [0.29, 0.717) is 13.1 Å². The Morgan fingerprint density at radius 2 is 1.71 bits per heavy atom. The van der Waals surface area contributed by atoms with E-state index in [1.165, 1.54) is 0 Å². The molecule has 0 aliphatic rings. The van der Waals surface area contributed by atoms with Crippen LogP contribution in [0.3, 0.4) is 0 Å². The van der Waals surface area contributed by atoms with Gasteiger partial charge in [-0.3, -0.25) is 4.98 Å². The molecule has 1 heterocycles. The van der Waals surface area contributed by atoms with Gasteiger partial charge in [0.1, 0.15) is 0 Å². The third-order valence-electron chi connectivity index (χ3n) is 3.08. The molecule has 110 valence electrons. The molecule has 0 spiro atoms. The van der Waals surface area contributed by atoms with Gasteiger partial charge in [0.25, 0.3) is 0 Å². The summed E-state index contributed by atoms with van der Waals surface area (Å²) in [4.78, 5) is 17.8. The zero-order chi connectivity index (χ0) is 15.1. The third-order valence-corrected chi connectivity index (χ3v) is 3.08. The van der Waals surface area contributed by atoms with Gasteiger partial charge in [0.15, 0.2) is 0 Å². The van der Waals surface area contributed by atoms with Crippen LogP contribution < -0.4 is 15.5 Å². The average Bonchev–Trinajstić information content (AvgIpc) is 2.52. The minimum absolute atomic E-state index is 0.185. The second-order valence-corrected chi connectivity index (χ2v) is 4.96. The average molecular weight is 284 g/mol. The number of anilines is 1. The van der Waals surface area contributed by atoms with Crippen molar-refractivity contribution in [3.05, 3.63) is 59.9 Å². The van der Waals surface area contributed by atoms with E-state index in [0.717, 1.165) is 16.8 Å². The van der Waals surface area contributed by atoms with E-state index in [1.54, 1.807) is 12.4 Å². The Morgan fingerprint density at radius 3 is 2.29 bits per heavy atom. The van der Waals surface area contributed by atoms with Crippen molar-refractivity contribution in [1.82, 2.24) is 15.6 Å². The van der Waals surface area contributed by atoms with Crippen LogP contribution in [0, 0.1) is 0 Å². The molecule has 21 heavy (non-hydrogen) atoms. The van der Waals surface area contributed by atoms with Gasteiger partial charge < -0.3 is 15.5 Å². The predicted octanol–water partition coefficient (Wildman–Crippen LogP) is 2.15. The molecule has 1 aromatic carbocycles. The lowest BCUT2D eigenvalue weighted by Gasteiger charge is -2.13. The molecule has 0 unspecified atom stereocenters. The zero-order valence-electron chi connectivity index (χ0n) is 12.3. The molecule has 0 radical (unpaired) electrons. The number of nitrogens with one attached hydrogen (secondary N) is 2. The Bertz CT molecular complexity index is 567. The second-order valence-electron chi connectivity index (χ2n) is 4.96. The number of hydrogen-bond acceptors (Lipinski definition) is 3. The number of pyridine rings is 1. The van der Waals surface area contributed by atoms with Crippen molar-refractivity contribution in [2.75, 3.05) is 19.0 Å². The van der Waals surface area contributed by atoms with Crippen molar-refractivity contribution in [3.8, 4) is 0 Å². The lowest BCUT2D eigenvalue weighted by atomic mass is 10.2. The van der Waals surface area contributed by atoms with Gasteiger partial charge in [0.05, 0.1) is 0 Å². The fraction of sp³-hybridized carbons (Fsp3) is 0.250. The van der Waals surface area contributed by atoms with Crippen LogP contribution in [0.25, 0.3) is 0 Å². The standard InChI is InChI=1S/C16H20N4O/c1-20(2)15-7-5-13(6-8-15)11-18-16(21)19-12-14-4-3-9-17-10-14/h3-10H,11-12H2,1-2H3,(H2,18,19,21). The predicted molar refractivity (Wildman–Crippen MR) is 84.1 cm³/mol. The van der Waals surface area contributed by atoms with Crippen molar-refractivity contribution >= 4 is 11.7 Å². The summed E-state index contributed by atoms with van der Waals surface area (Å²) < 4.78 is 0. The van der Waals surface area contributed by atoms with Gasteiger partial charge in [-0.25, -0.2) is 4.79 Å². The van der Waals surface area contributed by atoms with E-state index in [1.807, 2.05) is 55.4 Å². The summed E-state index contributed by atoms with van der Waals surface area (Å²) >= 11 is 0. The number of carbonyl (C=O) groups excluding carboxylic acids is 1. The highest BCUT2D eigenvalue weighted by atomic mass is 16.2. The normalized spacial score (nSPS) is 10.0. The largest absolute Gasteiger partial charge is 0.378 e. The Hall–Kier alpha value is -2.56. The van der Waals surface area contributed by atoms with Crippen LogP contribution in [0.15, 0.2) is 48.8 Å². The molecule has 2 amide bonds. The van der Waals surface area contributed by atoms with Gasteiger partial charge in [-0.15, -0.1) is 0 Å². The van der Waals surface area contributed by atoms with Crippen LogP contribution in [-0.2, 0) is 13.1 Å². The van der Waals surface area contributed by atoms with E-state index >= 15 is 0 Å². The fourth-order valence-electron chi connectivity index (χ4n) is 1.84. The number of rotatable bonds is 5. The van der Waals surface area contributed by atoms with E-state index in [4.69, 9.17) is 0 Å². The smallest absolute Gasteiger partial charge is 0.315 e. The molecule has 0 aliphatic carbocycles. The highest BCUT2D eigenvalue weighted by Gasteiger charge is 2.01. The van der Waals surface area contributed by atoms with Crippen molar-refractivity contribution in [2.24, 2.45) is 0 Å². The number of nitrogens with zero attached hydrogens (tertiary/aromatic N) is 2. The lowest BCUT2D eigenvalue weighted by Crippen LogP contribution is -2.34. The molecule has 0 saturated heterocycles. The Labute approximate surface area is 125 Å². The number of amides is 2. The molecule has 2 rings (SSSR count). The fourth-order valence-corrected chi connectivity index (χ4v) is 1.84. The third kappa shape index (κ3) is 4.80. The van der Waals surface area contributed by atoms with Crippen LogP contribution >= 0.6 is 0 Å². The maximum absolute atomic E-state index is 11.7. The minimum atomic E-state index is -0.185. The van der Waals surface area contributed by atoms with Gasteiger partial charge in [-0.05, 0) is 29.3 Å². The minimum Gasteiger partial charge on any atom is -0.378 e. The summed E-state index contributed by atoms with van der Waals surface area (Å²) in [5.74, 6) is 0. The molecule has 5 heteroatoms. The molecule has 2 N–H and O–H groups in total. The Morgan fingerprint density at radius 1 is 1.05 bits per heavy atom. The van der Waals surface area contributed by atoms with E-state index in [2.05, 4.69) is 15.6 Å². The van der Waals surface area contributed by atoms with E-state index < -0.39 is 0 Å². The van der Waals surface area contributed by atoms with Crippen LogP contribution in [0.2, 0.25) is 0 Å². The first-order valence-electron chi connectivity index (χ1n) is 6.82.